The fourth-order valence-electron chi connectivity index (χ4n) is 2.05. The summed E-state index contributed by atoms with van der Waals surface area (Å²) in [6, 6.07) is 1.20. The van der Waals surface area contributed by atoms with Crippen LogP contribution in [0.4, 0.5) is 0 Å². The van der Waals surface area contributed by atoms with Gasteiger partial charge in [0.05, 0.1) is 12.1 Å². The van der Waals surface area contributed by atoms with Gasteiger partial charge in [0.15, 0.2) is 0 Å². The van der Waals surface area contributed by atoms with E-state index in [-0.39, 0.29) is 16.3 Å². The second kappa shape index (κ2) is 4.69. The number of carboxylic acids is 1. The van der Waals surface area contributed by atoms with Gasteiger partial charge < -0.3 is 9.67 Å². The van der Waals surface area contributed by atoms with Gasteiger partial charge in [0.1, 0.15) is 10.0 Å². The third kappa shape index (κ3) is 2.13. The highest BCUT2D eigenvalue weighted by Gasteiger charge is 2.30. The van der Waals surface area contributed by atoms with Crippen LogP contribution >= 0.6 is 11.3 Å². The van der Waals surface area contributed by atoms with E-state index in [0.29, 0.717) is 18.9 Å². The molecule has 0 aliphatic carbocycles. The molecule has 0 saturated carbocycles. The summed E-state index contributed by atoms with van der Waals surface area (Å²) in [5.74, 6) is -0.438. The van der Waals surface area contributed by atoms with Gasteiger partial charge in [-0.05, 0) is 6.07 Å². The Morgan fingerprint density at radius 1 is 1.40 bits per heavy atom. The van der Waals surface area contributed by atoms with Crippen LogP contribution in [0.3, 0.4) is 0 Å². The molecule has 1 aliphatic heterocycles. The number of imidazole rings is 1. The van der Waals surface area contributed by atoms with Crippen LogP contribution in [0.5, 0.6) is 0 Å². The molecule has 3 heterocycles. The van der Waals surface area contributed by atoms with Crippen LogP contribution in [-0.2, 0) is 23.1 Å². The van der Waals surface area contributed by atoms with Crippen molar-refractivity contribution < 1.29 is 18.3 Å². The van der Waals surface area contributed by atoms with Crippen LogP contribution in [0.25, 0.3) is 0 Å². The summed E-state index contributed by atoms with van der Waals surface area (Å²) >= 11 is 0.924. The SMILES string of the molecule is O=C(O)c1csc(S(=O)(=O)N2CCn3ccnc3C2)c1. The van der Waals surface area contributed by atoms with Gasteiger partial charge in [-0.1, -0.05) is 0 Å². The van der Waals surface area contributed by atoms with Crippen LogP contribution in [-0.4, -0.2) is 39.9 Å². The molecule has 106 valence electrons. The fourth-order valence-corrected chi connectivity index (χ4v) is 4.74. The Hall–Kier alpha value is -1.71. The van der Waals surface area contributed by atoms with Crippen LogP contribution < -0.4 is 0 Å². The van der Waals surface area contributed by atoms with Crippen LogP contribution in [0.15, 0.2) is 28.0 Å². The van der Waals surface area contributed by atoms with E-state index < -0.39 is 16.0 Å². The van der Waals surface area contributed by atoms with Gasteiger partial charge in [0.2, 0.25) is 0 Å². The lowest BCUT2D eigenvalue weighted by Crippen LogP contribution is -2.37. The van der Waals surface area contributed by atoms with Crippen molar-refractivity contribution in [1.29, 1.82) is 0 Å². The van der Waals surface area contributed by atoms with Crippen molar-refractivity contribution in [1.82, 2.24) is 13.9 Å². The van der Waals surface area contributed by atoms with Crippen molar-refractivity contribution in [3.8, 4) is 0 Å². The summed E-state index contributed by atoms with van der Waals surface area (Å²) in [5, 5.41) is 10.2. The summed E-state index contributed by atoms with van der Waals surface area (Å²) in [6.07, 6.45) is 3.45. The summed E-state index contributed by atoms with van der Waals surface area (Å²) < 4.78 is 28.2. The number of aromatic nitrogens is 2. The molecule has 2 aromatic heterocycles. The van der Waals surface area contributed by atoms with Crippen molar-refractivity contribution in [3.63, 3.8) is 0 Å². The standard InChI is InChI=1S/C11H11N3O4S2/c15-11(16)8-5-10(19-7-8)20(17,18)14-4-3-13-2-1-12-9(13)6-14/h1-2,5,7H,3-4,6H2,(H,15,16). The number of carboxylic acid groups (broad SMARTS) is 1. The van der Waals surface area contributed by atoms with Crippen LogP contribution in [0.1, 0.15) is 16.2 Å². The van der Waals surface area contributed by atoms with E-state index >= 15 is 0 Å². The molecule has 7 nitrogen and oxygen atoms in total. The lowest BCUT2D eigenvalue weighted by Gasteiger charge is -2.26. The predicted molar refractivity (Wildman–Crippen MR) is 71.1 cm³/mol. The molecule has 0 amide bonds. The van der Waals surface area contributed by atoms with Crippen molar-refractivity contribution in [3.05, 3.63) is 35.2 Å². The number of fused-ring (bicyclic) bond motifs is 1. The quantitative estimate of drug-likeness (QED) is 0.906. The highest BCUT2D eigenvalue weighted by molar-refractivity contribution is 7.91. The Morgan fingerprint density at radius 2 is 2.20 bits per heavy atom. The van der Waals surface area contributed by atoms with E-state index in [1.165, 1.54) is 15.8 Å². The highest BCUT2D eigenvalue weighted by Crippen LogP contribution is 2.26. The molecule has 0 bridgehead atoms. The normalized spacial score (nSPS) is 16.0. The number of hydrogen-bond acceptors (Lipinski definition) is 5. The summed E-state index contributed by atoms with van der Waals surface area (Å²) in [4.78, 5) is 14.9. The number of nitrogens with zero attached hydrogens (tertiary/aromatic N) is 3. The second-order valence-electron chi connectivity index (χ2n) is 4.34. The maximum atomic E-state index is 12.5. The summed E-state index contributed by atoms with van der Waals surface area (Å²) in [6.45, 7) is 1.10. The Kier molecular flexibility index (Phi) is 3.11. The molecule has 0 saturated heterocycles. The Bertz CT molecular complexity index is 762. The zero-order valence-corrected chi connectivity index (χ0v) is 11.9. The molecule has 0 radical (unpaired) electrons. The molecular formula is C11H11N3O4S2. The van der Waals surface area contributed by atoms with Crippen molar-refractivity contribution in [2.45, 2.75) is 17.3 Å². The minimum atomic E-state index is -3.66. The molecule has 0 aromatic carbocycles. The first-order valence-electron chi connectivity index (χ1n) is 5.80. The van der Waals surface area contributed by atoms with Gasteiger partial charge in [-0.25, -0.2) is 18.2 Å². The molecule has 20 heavy (non-hydrogen) atoms. The Labute approximate surface area is 119 Å². The van der Waals surface area contributed by atoms with Gasteiger partial charge in [-0.15, -0.1) is 11.3 Å². The van der Waals surface area contributed by atoms with Gasteiger partial charge in [-0.2, -0.15) is 4.31 Å². The molecule has 1 N–H and O–H groups in total. The van der Waals surface area contributed by atoms with Gasteiger partial charge in [-0.3, -0.25) is 0 Å². The maximum absolute atomic E-state index is 12.5. The lowest BCUT2D eigenvalue weighted by atomic mass is 10.4. The van der Waals surface area contributed by atoms with Gasteiger partial charge in [0, 0.05) is 30.9 Å². The molecule has 0 spiro atoms. The van der Waals surface area contributed by atoms with Crippen molar-refractivity contribution in [2.75, 3.05) is 6.54 Å². The van der Waals surface area contributed by atoms with E-state index in [4.69, 9.17) is 5.11 Å². The lowest BCUT2D eigenvalue weighted by molar-refractivity contribution is 0.0697. The second-order valence-corrected chi connectivity index (χ2v) is 7.41. The van der Waals surface area contributed by atoms with Gasteiger partial charge >= 0.3 is 5.97 Å². The van der Waals surface area contributed by atoms with E-state index in [2.05, 4.69) is 4.98 Å². The Morgan fingerprint density at radius 3 is 2.90 bits per heavy atom. The van der Waals surface area contributed by atoms with E-state index in [0.717, 1.165) is 11.3 Å². The van der Waals surface area contributed by atoms with Crippen LogP contribution in [0.2, 0.25) is 0 Å². The fraction of sp³-hybridized carbons (Fsp3) is 0.273. The largest absolute Gasteiger partial charge is 0.478 e. The van der Waals surface area contributed by atoms with E-state index in [1.54, 1.807) is 6.20 Å². The first kappa shape index (κ1) is 13.3. The van der Waals surface area contributed by atoms with E-state index in [1.807, 2.05) is 10.8 Å². The minimum Gasteiger partial charge on any atom is -0.478 e. The molecule has 0 fully saturated rings. The molecule has 0 atom stereocenters. The molecule has 9 heteroatoms. The molecular weight excluding hydrogens is 302 g/mol. The molecule has 0 unspecified atom stereocenters. The number of carbonyl (C=O) groups is 1. The third-order valence-corrected chi connectivity index (χ3v) is 6.39. The predicted octanol–water partition coefficient (Wildman–Crippen LogP) is 0.847. The summed E-state index contributed by atoms with van der Waals surface area (Å²) in [5.41, 5.74) is -0.00733. The number of thiophene rings is 1. The smallest absolute Gasteiger partial charge is 0.336 e. The summed E-state index contributed by atoms with van der Waals surface area (Å²) in [7, 11) is -3.66. The number of sulfonamides is 1. The number of rotatable bonds is 3. The van der Waals surface area contributed by atoms with Crippen molar-refractivity contribution in [2.24, 2.45) is 0 Å². The van der Waals surface area contributed by atoms with Crippen LogP contribution in [0, 0.1) is 0 Å². The number of hydrogen-bond donors (Lipinski definition) is 1. The minimum absolute atomic E-state index is 0.00733. The average Bonchev–Trinajstić information content (AvgIpc) is 3.07. The van der Waals surface area contributed by atoms with Crippen molar-refractivity contribution >= 4 is 27.3 Å². The first-order chi connectivity index (χ1) is 9.48. The maximum Gasteiger partial charge on any atom is 0.336 e. The zero-order valence-electron chi connectivity index (χ0n) is 10.3. The first-order valence-corrected chi connectivity index (χ1v) is 8.12. The molecule has 1 aliphatic rings. The Balaban J connectivity index is 1.90. The number of aromatic carboxylic acids is 1. The molecule has 3 rings (SSSR count). The van der Waals surface area contributed by atoms with E-state index in [9.17, 15) is 13.2 Å². The topological polar surface area (TPSA) is 92.5 Å². The molecule has 2 aromatic rings. The third-order valence-electron chi connectivity index (χ3n) is 3.13. The monoisotopic (exact) mass is 313 g/mol. The van der Waals surface area contributed by atoms with Gasteiger partial charge in [0.25, 0.3) is 10.0 Å². The average molecular weight is 313 g/mol. The highest BCUT2D eigenvalue weighted by atomic mass is 32.2. The zero-order chi connectivity index (χ0) is 14.3.